The number of alkyl halides is 5. The Morgan fingerprint density at radius 1 is 1.12 bits per heavy atom. The smallest absolute Gasteiger partial charge is 0.220 e. The van der Waals surface area contributed by atoms with Gasteiger partial charge in [-0.25, -0.2) is 18.1 Å². The van der Waals surface area contributed by atoms with Gasteiger partial charge < -0.3 is 0 Å². The largest absolute Gasteiger partial charge is 0.391 e. The summed E-state index contributed by atoms with van der Waals surface area (Å²) < 4.78 is 76.3. The van der Waals surface area contributed by atoms with Crippen LogP contribution in [0.2, 0.25) is 0 Å². The second kappa shape index (κ2) is 5.85. The van der Waals surface area contributed by atoms with Crippen LogP contribution >= 0.6 is 22.3 Å². The molecule has 0 amide bonds. The highest BCUT2D eigenvalue weighted by Gasteiger charge is 2.59. The van der Waals surface area contributed by atoms with Crippen molar-refractivity contribution in [3.05, 3.63) is 35.4 Å². The zero-order chi connectivity index (χ0) is 18.5. The van der Waals surface area contributed by atoms with Crippen LogP contribution in [-0.4, -0.2) is 28.6 Å². The van der Waals surface area contributed by atoms with Crippen molar-refractivity contribution in [3.8, 4) is 5.69 Å². The topological polar surface area (TPSA) is 64.8 Å². The van der Waals surface area contributed by atoms with Crippen LogP contribution in [0.25, 0.3) is 5.69 Å². The second-order valence-electron chi connectivity index (χ2n) is 4.93. The van der Waals surface area contributed by atoms with Gasteiger partial charge in [0, 0.05) is 10.7 Å². The molecular formula is C12H9Cl2F4N3O2S. The molecule has 1 heterocycles. The molecule has 1 aromatic heterocycles. The molecule has 5 nitrogen and oxygen atoms in total. The Morgan fingerprint density at radius 2 is 1.71 bits per heavy atom. The Bertz CT molecular complexity index is 894. The van der Waals surface area contributed by atoms with Gasteiger partial charge in [0.1, 0.15) is 6.33 Å². The lowest BCUT2D eigenvalue weighted by molar-refractivity contribution is -0.169. The zero-order valence-corrected chi connectivity index (χ0v) is 14.4. The summed E-state index contributed by atoms with van der Waals surface area (Å²) in [6.07, 6.45) is 0.744. The van der Waals surface area contributed by atoms with E-state index in [9.17, 15) is 26.0 Å². The Labute approximate surface area is 143 Å². The fraction of sp³-hybridized carbons (Fsp3) is 0.333. The minimum Gasteiger partial charge on any atom is -0.220 e. The first kappa shape index (κ1) is 18.9. The van der Waals surface area contributed by atoms with Gasteiger partial charge in [0.25, 0.3) is 9.05 Å². The highest BCUT2D eigenvalue weighted by Crippen LogP contribution is 2.44. The van der Waals surface area contributed by atoms with Gasteiger partial charge in [0.05, 0.1) is 10.6 Å². The predicted molar refractivity (Wildman–Crippen MR) is 78.6 cm³/mol. The summed E-state index contributed by atoms with van der Waals surface area (Å²) in [6.45, 7) is 3.03. The van der Waals surface area contributed by atoms with Gasteiger partial charge in [-0.2, -0.15) is 17.6 Å². The van der Waals surface area contributed by atoms with Crippen LogP contribution in [-0.2, 0) is 15.0 Å². The number of benzene rings is 1. The summed E-state index contributed by atoms with van der Waals surface area (Å²) >= 11 is 4.38. The lowest BCUT2D eigenvalue weighted by Gasteiger charge is -2.17. The quantitative estimate of drug-likeness (QED) is 0.441. The van der Waals surface area contributed by atoms with Gasteiger partial charge in [0.15, 0.2) is 0 Å². The van der Waals surface area contributed by atoms with Crippen molar-refractivity contribution < 1.29 is 26.0 Å². The normalized spacial score (nSPS) is 13.3. The van der Waals surface area contributed by atoms with E-state index in [4.69, 9.17) is 10.7 Å². The first-order valence-corrected chi connectivity index (χ1v) is 8.87. The molecule has 0 radical (unpaired) electrons. The zero-order valence-electron chi connectivity index (χ0n) is 12.1. The molecule has 0 aliphatic heterocycles. The lowest BCUT2D eigenvalue weighted by atomic mass is 10.1. The monoisotopic (exact) mass is 405 g/mol. The molecule has 1 aromatic carbocycles. The summed E-state index contributed by atoms with van der Waals surface area (Å²) in [5.41, 5.74) is 0.797. The van der Waals surface area contributed by atoms with Crippen molar-refractivity contribution >= 4 is 31.3 Å². The van der Waals surface area contributed by atoms with Crippen LogP contribution in [0.4, 0.5) is 17.6 Å². The minimum absolute atomic E-state index is 0.0345. The maximum atomic E-state index is 13.5. The Kier molecular flexibility index (Phi) is 4.62. The third kappa shape index (κ3) is 3.35. The van der Waals surface area contributed by atoms with Crippen molar-refractivity contribution in [3.63, 3.8) is 0 Å². The van der Waals surface area contributed by atoms with E-state index in [0.717, 1.165) is 17.1 Å². The molecule has 0 saturated carbocycles. The van der Waals surface area contributed by atoms with Crippen LogP contribution in [0.15, 0.2) is 23.4 Å². The van der Waals surface area contributed by atoms with Crippen LogP contribution < -0.4 is 0 Å². The number of halogens is 6. The number of hydrogen-bond donors (Lipinski definition) is 0. The average Bonchev–Trinajstić information content (AvgIpc) is 2.85. The molecular weight excluding hydrogens is 397 g/mol. The molecule has 2 rings (SSSR count). The molecule has 132 valence electrons. The summed E-state index contributed by atoms with van der Waals surface area (Å²) in [6, 6.07) is 2.52. The molecule has 24 heavy (non-hydrogen) atoms. The summed E-state index contributed by atoms with van der Waals surface area (Å²) in [5, 5.41) is -1.60. The third-order valence-electron chi connectivity index (χ3n) is 3.13. The molecule has 0 fully saturated rings. The van der Waals surface area contributed by atoms with Crippen LogP contribution in [0.5, 0.6) is 0 Å². The van der Waals surface area contributed by atoms with Crippen molar-refractivity contribution in [2.75, 3.05) is 0 Å². The molecule has 0 atom stereocenters. The van der Waals surface area contributed by atoms with Crippen molar-refractivity contribution in [1.82, 2.24) is 14.8 Å². The van der Waals surface area contributed by atoms with Gasteiger partial charge in [0.2, 0.25) is 5.82 Å². The first-order chi connectivity index (χ1) is 10.7. The van der Waals surface area contributed by atoms with E-state index >= 15 is 0 Å². The number of hydrogen-bond acceptors (Lipinski definition) is 4. The Balaban J connectivity index is 2.60. The van der Waals surface area contributed by atoms with E-state index in [1.54, 1.807) is 6.92 Å². The second-order valence-corrected chi connectivity index (χ2v) is 7.94. The fourth-order valence-corrected chi connectivity index (χ4v) is 3.26. The summed E-state index contributed by atoms with van der Waals surface area (Å²) in [4.78, 5) is 2.87. The molecule has 12 heteroatoms. The summed E-state index contributed by atoms with van der Waals surface area (Å²) in [7, 11) is 1.20. The van der Waals surface area contributed by atoms with Crippen molar-refractivity contribution in [2.45, 2.75) is 30.0 Å². The van der Waals surface area contributed by atoms with E-state index in [-0.39, 0.29) is 10.6 Å². The molecule has 2 aromatic rings. The van der Waals surface area contributed by atoms with E-state index in [1.165, 1.54) is 13.0 Å². The van der Waals surface area contributed by atoms with Crippen molar-refractivity contribution in [2.24, 2.45) is 0 Å². The highest BCUT2D eigenvalue weighted by molar-refractivity contribution is 8.13. The maximum Gasteiger partial charge on any atom is 0.391 e. The van der Waals surface area contributed by atoms with Gasteiger partial charge in [-0.05, 0) is 42.6 Å². The van der Waals surface area contributed by atoms with Gasteiger partial charge in [-0.15, -0.1) is 5.10 Å². The molecule has 0 unspecified atom stereocenters. The molecule has 0 bridgehead atoms. The first-order valence-electron chi connectivity index (χ1n) is 6.18. The van der Waals surface area contributed by atoms with Crippen LogP contribution in [0.3, 0.4) is 0 Å². The minimum atomic E-state index is -4.88. The van der Waals surface area contributed by atoms with Crippen LogP contribution in [0, 0.1) is 13.8 Å². The predicted octanol–water partition coefficient (Wildman–Crippen LogP) is 3.74. The molecule has 0 saturated heterocycles. The van der Waals surface area contributed by atoms with E-state index in [2.05, 4.69) is 21.7 Å². The Morgan fingerprint density at radius 3 is 2.21 bits per heavy atom. The van der Waals surface area contributed by atoms with Gasteiger partial charge >= 0.3 is 11.3 Å². The molecule has 0 spiro atoms. The van der Waals surface area contributed by atoms with Crippen LogP contribution in [0.1, 0.15) is 17.0 Å². The SMILES string of the molecule is Cc1cc(C)c(S(=O)(=O)Cl)cc1-n1cnc(C(F)(F)C(F)(F)Cl)n1. The average molecular weight is 406 g/mol. The number of rotatable bonds is 4. The van der Waals surface area contributed by atoms with Gasteiger partial charge in [-0.1, -0.05) is 6.07 Å². The van der Waals surface area contributed by atoms with Gasteiger partial charge in [-0.3, -0.25) is 0 Å². The van der Waals surface area contributed by atoms with Crippen molar-refractivity contribution in [1.29, 1.82) is 0 Å². The maximum absolute atomic E-state index is 13.5. The third-order valence-corrected chi connectivity index (χ3v) is 4.83. The standard InChI is InChI=1S/C12H9Cl2F4N3O2S/c1-6-3-7(2)9(24(14,22)23)4-8(6)21-5-19-10(20-21)11(15,16)12(13,17)18/h3-5H,1-2H3. The number of aryl methyl sites for hydroxylation is 2. The van der Waals surface area contributed by atoms with E-state index < -0.39 is 26.2 Å². The van der Waals surface area contributed by atoms with E-state index in [1.807, 2.05) is 0 Å². The Hall–Kier alpha value is -1.39. The number of nitrogens with zero attached hydrogens (tertiary/aromatic N) is 3. The molecule has 0 aliphatic carbocycles. The summed E-state index contributed by atoms with van der Waals surface area (Å²) in [5.74, 6) is -6.31. The molecule has 0 N–H and O–H groups in total. The highest BCUT2D eigenvalue weighted by atomic mass is 35.7. The van der Waals surface area contributed by atoms with E-state index in [0.29, 0.717) is 11.1 Å². The lowest BCUT2D eigenvalue weighted by Crippen LogP contribution is -2.34. The molecule has 0 aliphatic rings. The number of aromatic nitrogens is 3. The fourth-order valence-electron chi connectivity index (χ4n) is 1.98.